The van der Waals surface area contributed by atoms with Crippen molar-refractivity contribution in [2.75, 3.05) is 0 Å². The van der Waals surface area contributed by atoms with Crippen molar-refractivity contribution < 1.29 is 14.7 Å². The molecule has 1 aromatic carbocycles. The van der Waals surface area contributed by atoms with Gasteiger partial charge in [-0.2, -0.15) is 0 Å². The van der Waals surface area contributed by atoms with Gasteiger partial charge in [0.1, 0.15) is 5.82 Å². The van der Waals surface area contributed by atoms with Gasteiger partial charge in [-0.05, 0) is 44.4 Å². The molecule has 124 valence electrons. The molecule has 2 aromatic rings. The van der Waals surface area contributed by atoms with Crippen LogP contribution in [0.3, 0.4) is 0 Å². The van der Waals surface area contributed by atoms with Crippen LogP contribution in [0.4, 0.5) is 0 Å². The number of rotatable bonds is 8. The van der Waals surface area contributed by atoms with E-state index in [-0.39, 0.29) is 12.2 Å². The summed E-state index contributed by atoms with van der Waals surface area (Å²) in [7, 11) is 0. The molecule has 2 rings (SSSR count). The van der Waals surface area contributed by atoms with Gasteiger partial charge in [-0.15, -0.1) is 0 Å². The Balaban J connectivity index is 2.47. The van der Waals surface area contributed by atoms with E-state index in [9.17, 15) is 9.59 Å². The van der Waals surface area contributed by atoms with Gasteiger partial charge in [0, 0.05) is 24.4 Å². The van der Waals surface area contributed by atoms with E-state index < -0.39 is 5.97 Å². The molecule has 0 spiro atoms. The van der Waals surface area contributed by atoms with Gasteiger partial charge in [0.2, 0.25) is 0 Å². The standard InChI is InChI=1S/C18H24N2O3/c1-4-13(5-2)18-19-15-11-14(12(3)21)8-9-16(15)20(18)10-6-7-17(22)23/h8-9,11,13H,4-7,10H2,1-3H3,(H,22,23). The van der Waals surface area contributed by atoms with Crippen LogP contribution in [0.1, 0.15) is 68.6 Å². The molecule has 0 radical (unpaired) electrons. The quantitative estimate of drug-likeness (QED) is 0.747. The highest BCUT2D eigenvalue weighted by molar-refractivity contribution is 5.97. The number of Topliss-reactive ketones (excluding diaryl/α,β-unsaturated/α-hetero) is 1. The number of imidazole rings is 1. The molecule has 1 heterocycles. The predicted octanol–water partition coefficient (Wildman–Crippen LogP) is 4.01. The average Bonchev–Trinajstić information content (AvgIpc) is 2.86. The van der Waals surface area contributed by atoms with Gasteiger partial charge in [0.25, 0.3) is 0 Å². The summed E-state index contributed by atoms with van der Waals surface area (Å²) >= 11 is 0. The van der Waals surface area contributed by atoms with E-state index >= 15 is 0 Å². The Bertz CT molecular complexity index is 714. The molecule has 23 heavy (non-hydrogen) atoms. The lowest BCUT2D eigenvalue weighted by atomic mass is 10.0. The first kappa shape index (κ1) is 17.2. The first-order valence-electron chi connectivity index (χ1n) is 8.20. The fourth-order valence-electron chi connectivity index (χ4n) is 2.96. The summed E-state index contributed by atoms with van der Waals surface area (Å²) in [5, 5.41) is 8.86. The first-order chi connectivity index (χ1) is 11.0. The van der Waals surface area contributed by atoms with Crippen LogP contribution in [-0.2, 0) is 11.3 Å². The number of fused-ring (bicyclic) bond motifs is 1. The number of hydrogen-bond donors (Lipinski definition) is 1. The third-order valence-electron chi connectivity index (χ3n) is 4.31. The number of carboxylic acid groups (broad SMARTS) is 1. The van der Waals surface area contributed by atoms with E-state index in [0.29, 0.717) is 24.4 Å². The highest BCUT2D eigenvalue weighted by Crippen LogP contribution is 2.28. The average molecular weight is 316 g/mol. The summed E-state index contributed by atoms with van der Waals surface area (Å²) in [6.07, 6.45) is 2.69. The summed E-state index contributed by atoms with van der Waals surface area (Å²) in [6.45, 7) is 6.45. The Labute approximate surface area is 136 Å². The van der Waals surface area contributed by atoms with Gasteiger partial charge in [-0.3, -0.25) is 9.59 Å². The van der Waals surface area contributed by atoms with E-state index in [1.54, 1.807) is 6.92 Å². The molecule has 5 nitrogen and oxygen atoms in total. The lowest BCUT2D eigenvalue weighted by Crippen LogP contribution is -2.10. The zero-order valence-electron chi connectivity index (χ0n) is 14.0. The molecule has 0 unspecified atom stereocenters. The number of carboxylic acids is 1. The second kappa shape index (κ2) is 7.40. The topological polar surface area (TPSA) is 72.2 Å². The number of nitrogens with zero attached hydrogens (tertiary/aromatic N) is 2. The Kier molecular flexibility index (Phi) is 5.53. The highest BCUT2D eigenvalue weighted by Gasteiger charge is 2.18. The van der Waals surface area contributed by atoms with Crippen LogP contribution in [0.15, 0.2) is 18.2 Å². The van der Waals surface area contributed by atoms with Crippen LogP contribution in [-0.4, -0.2) is 26.4 Å². The number of ketones is 1. The maximum atomic E-state index is 11.6. The second-order valence-electron chi connectivity index (χ2n) is 5.89. The van der Waals surface area contributed by atoms with Crippen molar-refractivity contribution in [2.45, 2.75) is 58.9 Å². The minimum atomic E-state index is -0.780. The lowest BCUT2D eigenvalue weighted by molar-refractivity contribution is -0.137. The molecule has 0 aliphatic carbocycles. The molecule has 5 heteroatoms. The number of carbonyl (C=O) groups excluding carboxylic acids is 1. The predicted molar refractivity (Wildman–Crippen MR) is 89.9 cm³/mol. The van der Waals surface area contributed by atoms with Gasteiger partial charge >= 0.3 is 5.97 Å². The number of aromatic nitrogens is 2. The molecular formula is C18H24N2O3. The van der Waals surface area contributed by atoms with Crippen molar-refractivity contribution in [3.05, 3.63) is 29.6 Å². The first-order valence-corrected chi connectivity index (χ1v) is 8.20. The van der Waals surface area contributed by atoms with Crippen molar-refractivity contribution >= 4 is 22.8 Å². The molecule has 1 aromatic heterocycles. The third-order valence-corrected chi connectivity index (χ3v) is 4.31. The lowest BCUT2D eigenvalue weighted by Gasteiger charge is -2.15. The van der Waals surface area contributed by atoms with Crippen LogP contribution < -0.4 is 0 Å². The molecule has 0 bridgehead atoms. The minimum absolute atomic E-state index is 0.0245. The summed E-state index contributed by atoms with van der Waals surface area (Å²) in [5.74, 6) is 0.581. The summed E-state index contributed by atoms with van der Waals surface area (Å²) in [6, 6.07) is 5.57. The number of aliphatic carboxylic acids is 1. The second-order valence-corrected chi connectivity index (χ2v) is 5.89. The van der Waals surface area contributed by atoms with Gasteiger partial charge in [0.05, 0.1) is 11.0 Å². The van der Waals surface area contributed by atoms with E-state index in [4.69, 9.17) is 10.1 Å². The Morgan fingerprint density at radius 1 is 1.26 bits per heavy atom. The molecule has 0 fully saturated rings. The minimum Gasteiger partial charge on any atom is -0.481 e. The summed E-state index contributed by atoms with van der Waals surface area (Å²) in [5.41, 5.74) is 2.45. The molecule has 1 N–H and O–H groups in total. The van der Waals surface area contributed by atoms with Crippen LogP contribution in [0.25, 0.3) is 11.0 Å². The largest absolute Gasteiger partial charge is 0.481 e. The van der Waals surface area contributed by atoms with Gasteiger partial charge in [-0.25, -0.2) is 4.98 Å². The van der Waals surface area contributed by atoms with Crippen molar-refractivity contribution in [1.29, 1.82) is 0 Å². The van der Waals surface area contributed by atoms with Crippen molar-refractivity contribution in [2.24, 2.45) is 0 Å². The zero-order valence-corrected chi connectivity index (χ0v) is 14.0. The SMILES string of the molecule is CCC(CC)c1nc2cc(C(C)=O)ccc2n1CCCC(=O)O. The van der Waals surface area contributed by atoms with Crippen molar-refractivity contribution in [3.8, 4) is 0 Å². The molecule has 0 aliphatic heterocycles. The van der Waals surface area contributed by atoms with Crippen LogP contribution in [0.2, 0.25) is 0 Å². The van der Waals surface area contributed by atoms with E-state index in [1.165, 1.54) is 0 Å². The molecule has 0 saturated carbocycles. The van der Waals surface area contributed by atoms with Crippen molar-refractivity contribution in [1.82, 2.24) is 9.55 Å². The molecule has 0 aliphatic rings. The molecule has 0 saturated heterocycles. The van der Waals surface area contributed by atoms with Crippen LogP contribution in [0.5, 0.6) is 0 Å². The molecule has 0 amide bonds. The smallest absolute Gasteiger partial charge is 0.303 e. The Hall–Kier alpha value is -2.17. The Morgan fingerprint density at radius 2 is 1.96 bits per heavy atom. The number of benzene rings is 1. The van der Waals surface area contributed by atoms with Crippen molar-refractivity contribution in [3.63, 3.8) is 0 Å². The molecular weight excluding hydrogens is 292 g/mol. The zero-order chi connectivity index (χ0) is 17.0. The fourth-order valence-corrected chi connectivity index (χ4v) is 2.96. The van der Waals surface area contributed by atoms with Gasteiger partial charge in [0.15, 0.2) is 5.78 Å². The summed E-state index contributed by atoms with van der Waals surface area (Å²) < 4.78 is 2.12. The third kappa shape index (κ3) is 3.78. The van der Waals surface area contributed by atoms with Gasteiger partial charge in [-0.1, -0.05) is 13.8 Å². The fraction of sp³-hybridized carbons (Fsp3) is 0.500. The van der Waals surface area contributed by atoms with E-state index in [1.807, 2.05) is 18.2 Å². The Morgan fingerprint density at radius 3 is 2.52 bits per heavy atom. The normalized spacial score (nSPS) is 11.3. The van der Waals surface area contributed by atoms with Crippen LogP contribution in [0, 0.1) is 0 Å². The maximum Gasteiger partial charge on any atom is 0.303 e. The van der Waals surface area contributed by atoms with Gasteiger partial charge < -0.3 is 9.67 Å². The number of hydrogen-bond acceptors (Lipinski definition) is 3. The van der Waals surface area contributed by atoms with Crippen LogP contribution >= 0.6 is 0 Å². The number of aryl methyl sites for hydroxylation is 1. The molecule has 0 atom stereocenters. The maximum absolute atomic E-state index is 11.6. The highest BCUT2D eigenvalue weighted by atomic mass is 16.4. The monoisotopic (exact) mass is 316 g/mol. The van der Waals surface area contributed by atoms with E-state index in [0.717, 1.165) is 29.7 Å². The van der Waals surface area contributed by atoms with E-state index in [2.05, 4.69) is 18.4 Å². The summed E-state index contributed by atoms with van der Waals surface area (Å²) in [4.78, 5) is 27.1. The number of carbonyl (C=O) groups is 2.